The van der Waals surface area contributed by atoms with Crippen LogP contribution in [-0.2, 0) is 96.9 Å². The van der Waals surface area contributed by atoms with Gasteiger partial charge in [-0.3, -0.25) is 39.8 Å². The Balaban J connectivity index is 0.000000182. The molecule has 12 unspecified atom stereocenters. The molecule has 6 aliphatic heterocycles. The third-order valence-electron chi connectivity index (χ3n) is 24.4. The van der Waals surface area contributed by atoms with Crippen LogP contribution in [0.2, 0.25) is 0 Å². The van der Waals surface area contributed by atoms with E-state index in [1.54, 1.807) is 73.6 Å². The van der Waals surface area contributed by atoms with Gasteiger partial charge in [-0.05, 0) is 156 Å². The maximum atomic E-state index is 13.5. The van der Waals surface area contributed by atoms with Gasteiger partial charge in [0.2, 0.25) is 60.1 Å². The lowest BCUT2D eigenvalue weighted by Gasteiger charge is -2.34. The van der Waals surface area contributed by atoms with Gasteiger partial charge in [-0.2, -0.15) is 22.2 Å². The van der Waals surface area contributed by atoms with E-state index in [9.17, 15) is 108 Å². The normalized spacial score (nSPS) is 24.4. The number of fused-ring (bicyclic) bond motifs is 6. The predicted molar refractivity (Wildman–Crippen MR) is 531 cm³/mol. The van der Waals surface area contributed by atoms with Gasteiger partial charge in [-0.15, -0.1) is 9.81 Å². The summed E-state index contributed by atoms with van der Waals surface area (Å²) in [6.45, 7) is 31.1. The highest BCUT2D eigenvalue weighted by molar-refractivity contribution is 7.90. The van der Waals surface area contributed by atoms with Crippen molar-refractivity contribution in [2.45, 2.75) is 136 Å². The van der Waals surface area contributed by atoms with Crippen molar-refractivity contribution in [3.63, 3.8) is 0 Å². The minimum atomic E-state index is -5.06. The van der Waals surface area contributed by atoms with Gasteiger partial charge in [0.15, 0.2) is 0 Å². The minimum Gasteiger partial charge on any atom is -0.301 e. The van der Waals surface area contributed by atoms with Crippen molar-refractivity contribution in [1.29, 1.82) is 0 Å². The molecule has 6 heterocycles. The van der Waals surface area contributed by atoms with Crippen molar-refractivity contribution in [3.05, 3.63) is 159 Å². The van der Waals surface area contributed by atoms with Gasteiger partial charge in [0.1, 0.15) is 22.8 Å². The molecule has 6 saturated heterocycles. The van der Waals surface area contributed by atoms with Gasteiger partial charge in [-0.25, -0.2) is 81.7 Å². The Labute approximate surface area is 811 Å². The average Bonchev–Trinajstić information content (AvgIpc) is 0.747. The van der Waals surface area contributed by atoms with Crippen LogP contribution in [0.1, 0.15) is 144 Å². The summed E-state index contributed by atoms with van der Waals surface area (Å²) in [6.07, 6.45) is 10.1. The van der Waals surface area contributed by atoms with Crippen LogP contribution in [-0.4, -0.2) is 224 Å². The number of hydrogen-bond acceptors (Lipinski definition) is 28. The van der Waals surface area contributed by atoms with Gasteiger partial charge < -0.3 is 19.6 Å². The second kappa shape index (κ2) is 45.9. The van der Waals surface area contributed by atoms with Crippen molar-refractivity contribution in [3.8, 4) is 0 Å². The number of nitrogens with zero attached hydrogens (tertiary/aromatic N) is 10. The number of hydrogen-bond donors (Lipinski definition) is 10. The summed E-state index contributed by atoms with van der Waals surface area (Å²) in [5.41, 5.74) is 5.50. The van der Waals surface area contributed by atoms with Gasteiger partial charge in [-0.1, -0.05) is 184 Å². The van der Waals surface area contributed by atoms with E-state index in [0.29, 0.717) is 146 Å². The Morgan fingerprint density at radius 1 is 0.288 bits per heavy atom. The fourth-order valence-corrected chi connectivity index (χ4v) is 28.4. The second-order valence-electron chi connectivity index (χ2n) is 38.2. The van der Waals surface area contributed by atoms with Crippen LogP contribution in [0.15, 0.2) is 163 Å². The second-order valence-corrected chi connectivity index (χ2v) is 54.5. The van der Waals surface area contributed by atoms with Crippen molar-refractivity contribution in [1.82, 2.24) is 25.8 Å². The topological polar surface area (TPSA) is 599 Å². The molecule has 768 valence electrons. The molecule has 0 saturated carbocycles. The molecule has 0 radical (unpaired) electrons. The first-order valence-electron chi connectivity index (χ1n) is 44.7. The molecule has 0 amide bonds. The molecule has 42 nitrogen and oxygen atoms in total. The SMILES string of the molecule is CC1CC(C)CN(S(=O)(=O)c2ccc3c(N=O)c4ccccc4c(NOP(=O)(O)O)c3c2)C1.CC1CC(C)CN(S(=O)(=O)c2ccc3c(NOP(=O)(O)O)c4ccccc4c(N=O)c3c2)C1.CC1CC(C)CN(S(=O)(=O)c2ccc3c(c2)/C(=N/OP(=O)(O)O)c2ccccc2/C3=N/OP(=O)(O)O)C1.CC1CC(C)CN(S(C)(=O)=O)C1.CC1CC(C)CN(S(C)(=O)=O)C1.CC1CC(C)CN(S(C)(=O)=O)C1. The number of sulfonamides is 6. The fraction of sp³-hybridized carbons (Fsp3) is 0.517. The van der Waals surface area contributed by atoms with Gasteiger partial charge in [0.25, 0.3) is 0 Å². The van der Waals surface area contributed by atoms with Crippen LogP contribution >= 0.6 is 31.3 Å². The number of anilines is 2. The molecular formula is C87H124N12O30P4S6. The number of phosphoric acid groups is 4. The van der Waals surface area contributed by atoms with Crippen LogP contribution in [0, 0.1) is 80.8 Å². The van der Waals surface area contributed by atoms with E-state index >= 15 is 0 Å². The Hall–Kier alpha value is -7.48. The zero-order valence-electron chi connectivity index (χ0n) is 79.6. The van der Waals surface area contributed by atoms with Gasteiger partial charge >= 0.3 is 31.3 Å². The zero-order chi connectivity index (χ0) is 103. The molecule has 10 N–H and O–H groups in total. The van der Waals surface area contributed by atoms with E-state index in [1.165, 1.54) is 98.4 Å². The predicted octanol–water partition coefficient (Wildman–Crippen LogP) is 14.1. The molecule has 15 rings (SSSR count). The van der Waals surface area contributed by atoms with Crippen molar-refractivity contribution >= 4 is 169 Å². The van der Waals surface area contributed by atoms with Crippen LogP contribution in [0.25, 0.3) is 43.1 Å². The average molecular weight is 2130 g/mol. The lowest BCUT2D eigenvalue weighted by Crippen LogP contribution is -2.42. The van der Waals surface area contributed by atoms with Gasteiger partial charge in [0, 0.05) is 144 Å². The maximum Gasteiger partial charge on any atom is 0.545 e. The third-order valence-corrected chi connectivity index (χ3v) is 34.8. The largest absolute Gasteiger partial charge is 0.545 e. The lowest BCUT2D eigenvalue weighted by atomic mass is 9.83. The van der Waals surface area contributed by atoms with Crippen LogP contribution < -0.4 is 11.0 Å². The highest BCUT2D eigenvalue weighted by atomic mass is 32.2. The summed E-state index contributed by atoms with van der Waals surface area (Å²) in [5, 5.41) is 16.3. The summed E-state index contributed by atoms with van der Waals surface area (Å²) < 4.78 is 220. The minimum absolute atomic E-state index is 0.00246. The third kappa shape index (κ3) is 30.4. The number of nitrogens with one attached hydrogen (secondary N) is 2. The molecule has 8 aromatic rings. The molecule has 1 aliphatic carbocycles. The number of rotatable bonds is 21. The Morgan fingerprint density at radius 3 is 0.813 bits per heavy atom. The van der Waals surface area contributed by atoms with Crippen LogP contribution in [0.4, 0.5) is 22.7 Å². The molecule has 0 bridgehead atoms. The Bertz CT molecular complexity index is 6690. The number of piperidine rings is 6. The molecule has 6 fully saturated rings. The van der Waals surface area contributed by atoms with E-state index in [0.717, 1.165) is 38.5 Å². The summed E-state index contributed by atoms with van der Waals surface area (Å²) >= 11 is 0. The summed E-state index contributed by atoms with van der Waals surface area (Å²) in [7, 11) is -40.4. The molecule has 7 aliphatic rings. The molecule has 0 aromatic heterocycles. The summed E-state index contributed by atoms with van der Waals surface area (Å²) in [4.78, 5) is 96.9. The Kier molecular flexibility index (Phi) is 37.4. The molecule has 8 aromatic carbocycles. The smallest absolute Gasteiger partial charge is 0.301 e. The molecule has 0 spiro atoms. The summed E-state index contributed by atoms with van der Waals surface area (Å²) in [5.74, 6) is 4.20. The number of benzene rings is 8. The lowest BCUT2D eigenvalue weighted by molar-refractivity contribution is 0.203. The molecule has 52 heteroatoms. The first kappa shape index (κ1) is 113. The van der Waals surface area contributed by atoms with Gasteiger partial charge in [0.05, 0.1) is 44.8 Å². The van der Waals surface area contributed by atoms with E-state index in [2.05, 4.69) is 91.7 Å². The van der Waals surface area contributed by atoms with E-state index in [4.69, 9.17) is 9.79 Å². The van der Waals surface area contributed by atoms with Crippen molar-refractivity contribution in [2.75, 3.05) is 108 Å². The Morgan fingerprint density at radius 2 is 0.518 bits per heavy atom. The highest BCUT2D eigenvalue weighted by Crippen LogP contribution is 2.49. The fourth-order valence-electron chi connectivity index (χ4n) is 19.4. The first-order valence-corrected chi connectivity index (χ1v) is 60.7. The monoisotopic (exact) mass is 2130 g/mol. The van der Waals surface area contributed by atoms with E-state index in [-0.39, 0.29) is 117 Å². The molecular weight excluding hydrogens is 2010 g/mol. The first-order chi connectivity index (χ1) is 64.3. The maximum absolute atomic E-state index is 13.5. The highest BCUT2D eigenvalue weighted by Gasteiger charge is 2.40. The van der Waals surface area contributed by atoms with Crippen LogP contribution in [0.5, 0.6) is 0 Å². The molecule has 139 heavy (non-hydrogen) atoms. The zero-order valence-corrected chi connectivity index (χ0v) is 88.0. The van der Waals surface area contributed by atoms with E-state index < -0.39 is 91.4 Å². The van der Waals surface area contributed by atoms with Crippen LogP contribution in [0.3, 0.4) is 0 Å². The number of nitroso groups, excluding NO2 is 2. The number of oxime groups is 2. The molecule has 12 atom stereocenters. The standard InChI is InChI=1S/C21H25N3O10P2S.2C21H24N3O7PS.3C8H17NO2S/c1-13-9-14(2)12-24(11-13)37(31,32)15-7-8-18-19(10-15)21(23-34-36(28,29)30)17-6-4-3-5-16(17)20(18)22-33-35(25,26)27;1-13-9-14(2)12-24(11-13)33(29,30)15-7-8-18-19(10-15)20(22-25)16-5-3-4-6-17(16)21(18)23-31-32(26,27)28;1-13-9-14(2)12-24(11-13)33(29,30)15-7-8-18-19(10-15)21(23-31-32(26,27)28)17-6-4-3-5-16(17)20(18)22-25;3*1-7-4-8(2)6-9(5-7)12(3,10)11/h3-8,10,13-14H,9,11-12H2,1-2H3,(H2,25,26,27)(H2,28,29,30);2*3-8,10,13-14,23H,9,11-12H2,1-2H3,(H2,26,27,28);3*7-8H,4-6H2,1-3H3/b22-20-,23-21+;;;;;. The van der Waals surface area contributed by atoms with Crippen molar-refractivity contribution < 1.29 is 126 Å². The summed E-state index contributed by atoms with van der Waals surface area (Å²) in [6, 6.07) is 31.9. The quantitative estimate of drug-likeness (QED) is 0.0138. The van der Waals surface area contributed by atoms with E-state index in [1.807, 2.05) is 41.5 Å². The van der Waals surface area contributed by atoms with Crippen molar-refractivity contribution in [2.24, 2.45) is 91.7 Å².